The summed E-state index contributed by atoms with van der Waals surface area (Å²) < 4.78 is 23.5. The lowest BCUT2D eigenvalue weighted by Crippen LogP contribution is -2.15. The number of nitrogens with one attached hydrogen (secondary N) is 1. The molecular weight excluding hydrogens is 354 g/mol. The lowest BCUT2D eigenvalue weighted by atomic mass is 10.1. The van der Waals surface area contributed by atoms with Crippen molar-refractivity contribution in [3.8, 4) is 0 Å². The van der Waals surface area contributed by atoms with Crippen LogP contribution < -0.4 is 5.32 Å². The van der Waals surface area contributed by atoms with Gasteiger partial charge in [0.25, 0.3) is 17.3 Å². The number of amides is 1. The van der Waals surface area contributed by atoms with E-state index in [1.807, 2.05) is 0 Å². The number of carbonyl (C=O) groups is 1. The average molecular weight is 365 g/mol. The van der Waals surface area contributed by atoms with Gasteiger partial charge in [-0.05, 0) is 12.1 Å². The summed E-state index contributed by atoms with van der Waals surface area (Å²) in [5, 5.41) is 24.0. The first-order valence-corrected chi connectivity index (χ1v) is 8.53. The Morgan fingerprint density at radius 2 is 1.52 bits per heavy atom. The van der Waals surface area contributed by atoms with Crippen molar-refractivity contribution in [3.63, 3.8) is 0 Å². The highest BCUT2D eigenvalue weighted by molar-refractivity contribution is 7.90. The van der Waals surface area contributed by atoms with Gasteiger partial charge in [0.2, 0.25) is 0 Å². The van der Waals surface area contributed by atoms with Gasteiger partial charge in [-0.1, -0.05) is 12.1 Å². The minimum Gasteiger partial charge on any atom is -0.321 e. The van der Waals surface area contributed by atoms with Crippen molar-refractivity contribution in [2.75, 3.05) is 11.6 Å². The molecule has 11 heteroatoms. The Morgan fingerprint density at radius 3 is 2.00 bits per heavy atom. The highest BCUT2D eigenvalue weighted by Gasteiger charge is 2.21. The SMILES string of the molecule is CS(=O)(=O)c1ccccc1NC(=O)c1cc([N+](=O)[O-])cc([N+](=O)[O-])c1. The zero-order chi connectivity index (χ0) is 18.8. The first-order chi connectivity index (χ1) is 11.6. The number of nitrogens with zero attached hydrogens (tertiary/aromatic N) is 2. The fourth-order valence-electron chi connectivity index (χ4n) is 2.02. The van der Waals surface area contributed by atoms with Gasteiger partial charge in [-0.3, -0.25) is 25.0 Å². The van der Waals surface area contributed by atoms with Crippen LogP contribution in [0.1, 0.15) is 10.4 Å². The Balaban J connectivity index is 2.46. The Kier molecular flexibility index (Phi) is 4.79. The van der Waals surface area contributed by atoms with Crippen LogP contribution in [0.3, 0.4) is 0 Å². The van der Waals surface area contributed by atoms with Crippen molar-refractivity contribution < 1.29 is 23.1 Å². The molecule has 0 saturated carbocycles. The van der Waals surface area contributed by atoms with Gasteiger partial charge in [-0.15, -0.1) is 0 Å². The van der Waals surface area contributed by atoms with E-state index in [1.165, 1.54) is 24.3 Å². The molecule has 0 radical (unpaired) electrons. The van der Waals surface area contributed by atoms with E-state index in [0.29, 0.717) is 0 Å². The maximum absolute atomic E-state index is 12.3. The van der Waals surface area contributed by atoms with Crippen LogP contribution in [0.25, 0.3) is 0 Å². The third-order valence-corrected chi connectivity index (χ3v) is 4.28. The Hall–Kier alpha value is -3.34. The van der Waals surface area contributed by atoms with E-state index in [1.54, 1.807) is 0 Å². The fourth-order valence-corrected chi connectivity index (χ4v) is 2.87. The van der Waals surface area contributed by atoms with Crippen molar-refractivity contribution in [1.29, 1.82) is 0 Å². The molecule has 0 bridgehead atoms. The lowest BCUT2D eigenvalue weighted by molar-refractivity contribution is -0.394. The molecule has 0 saturated heterocycles. The molecule has 0 atom stereocenters. The maximum atomic E-state index is 12.3. The summed E-state index contributed by atoms with van der Waals surface area (Å²) in [6.07, 6.45) is 0.955. The second-order valence-electron chi connectivity index (χ2n) is 4.97. The van der Waals surface area contributed by atoms with Crippen molar-refractivity contribution in [3.05, 3.63) is 68.3 Å². The number of nitro benzene ring substituents is 2. The summed E-state index contributed by atoms with van der Waals surface area (Å²) in [6.45, 7) is 0. The summed E-state index contributed by atoms with van der Waals surface area (Å²) >= 11 is 0. The highest BCUT2D eigenvalue weighted by atomic mass is 32.2. The number of sulfone groups is 1. The summed E-state index contributed by atoms with van der Waals surface area (Å²) in [7, 11) is -3.64. The minimum atomic E-state index is -3.64. The van der Waals surface area contributed by atoms with E-state index in [4.69, 9.17) is 0 Å². The van der Waals surface area contributed by atoms with Gasteiger partial charge >= 0.3 is 0 Å². The Morgan fingerprint density at radius 1 is 1.00 bits per heavy atom. The van der Waals surface area contributed by atoms with E-state index >= 15 is 0 Å². The smallest absolute Gasteiger partial charge is 0.277 e. The largest absolute Gasteiger partial charge is 0.321 e. The zero-order valence-corrected chi connectivity index (χ0v) is 13.5. The summed E-state index contributed by atoms with van der Waals surface area (Å²) in [6, 6.07) is 8.02. The number of rotatable bonds is 5. The van der Waals surface area contributed by atoms with Crippen molar-refractivity contribution in [2.45, 2.75) is 4.90 Å². The molecule has 2 rings (SSSR count). The minimum absolute atomic E-state index is 0.0378. The normalized spacial score (nSPS) is 10.9. The van der Waals surface area contributed by atoms with Crippen LogP contribution >= 0.6 is 0 Å². The van der Waals surface area contributed by atoms with Crippen molar-refractivity contribution in [2.24, 2.45) is 0 Å². The van der Waals surface area contributed by atoms with Crippen LogP contribution in [0.5, 0.6) is 0 Å². The monoisotopic (exact) mass is 365 g/mol. The second-order valence-corrected chi connectivity index (χ2v) is 6.96. The van der Waals surface area contributed by atoms with Gasteiger partial charge in [-0.2, -0.15) is 0 Å². The van der Waals surface area contributed by atoms with Crippen LogP contribution in [-0.4, -0.2) is 30.4 Å². The second kappa shape index (κ2) is 6.65. The molecule has 1 amide bonds. The predicted octanol–water partition coefficient (Wildman–Crippen LogP) is 2.16. The number of hydrogen-bond donors (Lipinski definition) is 1. The van der Waals surface area contributed by atoms with E-state index in [2.05, 4.69) is 5.32 Å². The van der Waals surface area contributed by atoms with Gasteiger partial charge in [0, 0.05) is 18.4 Å². The topological polar surface area (TPSA) is 150 Å². The van der Waals surface area contributed by atoms with Gasteiger partial charge < -0.3 is 5.32 Å². The van der Waals surface area contributed by atoms with E-state index in [-0.39, 0.29) is 16.1 Å². The molecule has 10 nitrogen and oxygen atoms in total. The number of para-hydroxylation sites is 1. The molecule has 1 N–H and O–H groups in total. The van der Waals surface area contributed by atoms with Crippen LogP contribution in [0.2, 0.25) is 0 Å². The molecule has 0 spiro atoms. The van der Waals surface area contributed by atoms with Crippen LogP contribution in [0.15, 0.2) is 47.4 Å². The molecule has 25 heavy (non-hydrogen) atoms. The highest BCUT2D eigenvalue weighted by Crippen LogP contribution is 2.25. The van der Waals surface area contributed by atoms with Crippen LogP contribution in [0, 0.1) is 20.2 Å². The molecule has 0 aliphatic carbocycles. The molecule has 0 unspecified atom stereocenters. The van der Waals surface area contributed by atoms with E-state index in [9.17, 15) is 33.4 Å². The number of anilines is 1. The van der Waals surface area contributed by atoms with Crippen LogP contribution in [-0.2, 0) is 9.84 Å². The first-order valence-electron chi connectivity index (χ1n) is 6.64. The van der Waals surface area contributed by atoms with Gasteiger partial charge in [-0.25, -0.2) is 8.42 Å². The third kappa shape index (κ3) is 4.14. The van der Waals surface area contributed by atoms with Crippen LogP contribution in [0.4, 0.5) is 17.1 Å². The number of non-ortho nitro benzene ring substituents is 2. The first kappa shape index (κ1) is 18.0. The van der Waals surface area contributed by atoms with Gasteiger partial charge in [0.1, 0.15) is 0 Å². The molecule has 0 aromatic heterocycles. The average Bonchev–Trinajstić information content (AvgIpc) is 2.53. The maximum Gasteiger partial charge on any atom is 0.277 e. The Labute approximate surface area is 141 Å². The molecule has 0 aliphatic rings. The molecule has 0 fully saturated rings. The third-order valence-electron chi connectivity index (χ3n) is 3.12. The van der Waals surface area contributed by atoms with Crippen molar-refractivity contribution in [1.82, 2.24) is 0 Å². The summed E-state index contributed by atoms with van der Waals surface area (Å²) in [5.74, 6) is -0.914. The van der Waals surface area contributed by atoms with E-state index in [0.717, 1.165) is 24.5 Å². The molecule has 0 heterocycles. The fraction of sp³-hybridized carbons (Fsp3) is 0.0714. The summed E-state index contributed by atoms with van der Waals surface area (Å²) in [5.41, 5.74) is -1.64. The Bertz CT molecular complexity index is 953. The molecule has 2 aromatic rings. The number of hydrogen-bond acceptors (Lipinski definition) is 7. The van der Waals surface area contributed by atoms with E-state index < -0.39 is 37.0 Å². The molecule has 130 valence electrons. The lowest BCUT2D eigenvalue weighted by Gasteiger charge is -2.09. The predicted molar refractivity (Wildman–Crippen MR) is 87.3 cm³/mol. The molecular formula is C14H11N3O7S. The number of carbonyl (C=O) groups excluding carboxylic acids is 1. The number of nitro groups is 2. The molecule has 0 aliphatic heterocycles. The standard InChI is InChI=1S/C14H11N3O7S/c1-25(23,24)13-5-3-2-4-12(13)15-14(18)9-6-10(16(19)20)8-11(7-9)17(21)22/h2-8H,1H3,(H,15,18). The van der Waals surface area contributed by atoms with Gasteiger partial charge in [0.05, 0.1) is 32.1 Å². The summed E-state index contributed by atoms with van der Waals surface area (Å²) in [4.78, 5) is 32.1. The van der Waals surface area contributed by atoms with Gasteiger partial charge in [0.15, 0.2) is 9.84 Å². The quantitative estimate of drug-likeness (QED) is 0.630. The zero-order valence-electron chi connectivity index (χ0n) is 12.7. The number of benzene rings is 2. The molecule has 2 aromatic carbocycles. The van der Waals surface area contributed by atoms with Crippen molar-refractivity contribution >= 4 is 32.8 Å².